The third-order valence-electron chi connectivity index (χ3n) is 18.4. The molecule has 18 unspecified atom stereocenters. The number of carboxylic acids is 1. The fraction of sp³-hybridized carbons (Fsp3) is 0.900. The van der Waals surface area contributed by atoms with Crippen LogP contribution in [0, 0.1) is 0 Å². The third kappa shape index (κ3) is 32.6. The molecule has 3 aliphatic rings. The van der Waals surface area contributed by atoms with E-state index in [1.807, 2.05) is 6.08 Å². The van der Waals surface area contributed by atoms with E-state index < -0.39 is 155 Å². The Morgan fingerprint density at radius 3 is 1.46 bits per heavy atom. The minimum Gasteiger partial charge on any atom is -0.477 e. The van der Waals surface area contributed by atoms with Gasteiger partial charge in [-0.05, 0) is 44.9 Å². The summed E-state index contributed by atoms with van der Waals surface area (Å²) < 4.78 is 34.7. The van der Waals surface area contributed by atoms with E-state index in [4.69, 9.17) is 28.4 Å². The van der Waals surface area contributed by atoms with Crippen LogP contribution in [-0.2, 0) is 42.8 Å². The second kappa shape index (κ2) is 50.5. The van der Waals surface area contributed by atoms with Crippen LogP contribution in [0.2, 0.25) is 0 Å². The Balaban J connectivity index is 1.49. The summed E-state index contributed by atoms with van der Waals surface area (Å²) in [7, 11) is 0. The number of aliphatic hydroxyl groups excluding tert-OH is 11. The number of allylic oxidation sites excluding steroid dienone is 3. The van der Waals surface area contributed by atoms with Gasteiger partial charge in [-0.25, -0.2) is 4.79 Å². The lowest BCUT2D eigenvalue weighted by Gasteiger charge is -2.50. The van der Waals surface area contributed by atoms with Gasteiger partial charge in [0.2, 0.25) is 11.8 Å². The smallest absolute Gasteiger partial charge is 0.364 e. The van der Waals surface area contributed by atoms with Crippen molar-refractivity contribution in [2.45, 2.75) is 375 Å². The number of unbranched alkanes of at least 4 members (excludes halogenated alkanes) is 33. The molecule has 0 aliphatic carbocycles. The van der Waals surface area contributed by atoms with E-state index >= 15 is 0 Å². The molecule has 3 rings (SSSR count). The number of carbonyl (C=O) groups excluding carboxylic acids is 2. The number of rotatable bonds is 55. The molecule has 23 nitrogen and oxygen atoms in total. The molecule has 23 heteroatoms. The standard InChI is InChI=1S/C70H128N2O21/c1-4-6-8-10-12-14-16-17-18-19-20-21-22-23-24-25-26-27-28-29-30-31-32-33-34-36-38-40-42-44-57(80)72-51(52(77)43-41-39-37-35-15-13-11-9-7-5-2)49-88-67-62(84)61(83)64(56(48-75)90-67)91-68-63(85)66(60(82)55(47-74)89-68)93-70(69(86)87)45-53(78)58(71-50(3)76)65(92-70)59(81)54(79)46-73/h23-24,41,43,51-56,58-68,73-75,77-79,81-85H,4-22,25-40,42,44-49H2,1-3H3,(H,71,76)(H,72,80)(H,86,87)/b24-23-,43-41+. The van der Waals surface area contributed by atoms with Crippen LogP contribution in [0.4, 0.5) is 0 Å². The number of ether oxygens (including phenoxy) is 6. The molecule has 0 aromatic heterocycles. The summed E-state index contributed by atoms with van der Waals surface area (Å²) in [6.45, 7) is 2.11. The Hall–Kier alpha value is -2.79. The lowest BCUT2D eigenvalue weighted by Crippen LogP contribution is -2.70. The molecule has 93 heavy (non-hydrogen) atoms. The van der Waals surface area contributed by atoms with Gasteiger partial charge in [-0.1, -0.05) is 224 Å². The Kier molecular flexibility index (Phi) is 45.9. The maximum absolute atomic E-state index is 13.4. The molecule has 0 spiro atoms. The van der Waals surface area contributed by atoms with Crippen LogP contribution in [0.15, 0.2) is 24.3 Å². The molecule has 0 bridgehead atoms. The molecule has 3 fully saturated rings. The zero-order valence-electron chi connectivity index (χ0n) is 56.9. The number of nitrogens with one attached hydrogen (secondary N) is 2. The van der Waals surface area contributed by atoms with Crippen molar-refractivity contribution in [2.24, 2.45) is 0 Å². The second-order valence-electron chi connectivity index (χ2n) is 26.4. The topological polar surface area (TPSA) is 373 Å². The van der Waals surface area contributed by atoms with Crippen molar-refractivity contribution < 1.29 is 104 Å². The second-order valence-corrected chi connectivity index (χ2v) is 26.4. The first-order valence-corrected chi connectivity index (χ1v) is 36.2. The molecule has 0 aromatic rings. The summed E-state index contributed by atoms with van der Waals surface area (Å²) in [4.78, 5) is 38.5. The van der Waals surface area contributed by atoms with Gasteiger partial charge in [0.1, 0.15) is 67.1 Å². The van der Waals surface area contributed by atoms with Gasteiger partial charge in [0.25, 0.3) is 5.79 Å². The van der Waals surface area contributed by atoms with Crippen molar-refractivity contribution >= 4 is 17.8 Å². The van der Waals surface area contributed by atoms with Crippen LogP contribution in [0.1, 0.15) is 265 Å². The summed E-state index contributed by atoms with van der Waals surface area (Å²) in [6, 6.07) is -2.62. The van der Waals surface area contributed by atoms with Crippen molar-refractivity contribution in [1.29, 1.82) is 0 Å². The zero-order valence-corrected chi connectivity index (χ0v) is 56.9. The molecular formula is C70H128N2O21. The van der Waals surface area contributed by atoms with Gasteiger partial charge in [-0.2, -0.15) is 0 Å². The average Bonchev–Trinajstić information content (AvgIpc) is 0.778. The van der Waals surface area contributed by atoms with Crippen LogP contribution >= 0.6 is 0 Å². The van der Waals surface area contributed by atoms with Gasteiger partial charge < -0.3 is 100 Å². The summed E-state index contributed by atoms with van der Waals surface area (Å²) >= 11 is 0. The number of amides is 2. The Labute approximate surface area is 555 Å². The van der Waals surface area contributed by atoms with E-state index in [-0.39, 0.29) is 12.3 Å². The van der Waals surface area contributed by atoms with Crippen LogP contribution in [0.3, 0.4) is 0 Å². The van der Waals surface area contributed by atoms with E-state index in [0.717, 1.165) is 51.9 Å². The molecular weight excluding hydrogens is 1200 g/mol. The molecule has 3 saturated heterocycles. The van der Waals surface area contributed by atoms with Crippen molar-refractivity contribution in [1.82, 2.24) is 10.6 Å². The maximum Gasteiger partial charge on any atom is 0.364 e. The van der Waals surface area contributed by atoms with E-state index in [1.165, 1.54) is 173 Å². The summed E-state index contributed by atoms with van der Waals surface area (Å²) in [5.74, 6) is -6.14. The normalized spacial score (nSPS) is 28.2. The number of hydrogen-bond acceptors (Lipinski definition) is 20. The Morgan fingerprint density at radius 1 is 0.559 bits per heavy atom. The highest BCUT2D eigenvalue weighted by Crippen LogP contribution is 2.39. The average molecular weight is 1330 g/mol. The minimum absolute atomic E-state index is 0.201. The molecule has 0 saturated carbocycles. The fourth-order valence-electron chi connectivity index (χ4n) is 12.6. The first-order valence-electron chi connectivity index (χ1n) is 36.2. The number of aliphatic hydroxyl groups is 11. The molecule has 0 aromatic carbocycles. The molecule has 14 N–H and O–H groups in total. The summed E-state index contributed by atoms with van der Waals surface area (Å²) in [5.41, 5.74) is 0. The van der Waals surface area contributed by atoms with Gasteiger partial charge in [-0.3, -0.25) is 9.59 Å². The molecule has 3 heterocycles. The monoisotopic (exact) mass is 1330 g/mol. The number of hydrogen-bond donors (Lipinski definition) is 14. The predicted molar refractivity (Wildman–Crippen MR) is 352 cm³/mol. The fourth-order valence-corrected chi connectivity index (χ4v) is 12.6. The number of carbonyl (C=O) groups is 3. The number of carboxylic acid groups (broad SMARTS) is 1. The first-order chi connectivity index (χ1) is 44.9. The molecule has 2 amide bonds. The largest absolute Gasteiger partial charge is 0.477 e. The molecule has 3 aliphatic heterocycles. The molecule has 544 valence electrons. The van der Waals surface area contributed by atoms with Crippen LogP contribution in [0.25, 0.3) is 0 Å². The van der Waals surface area contributed by atoms with Crippen molar-refractivity contribution in [3.05, 3.63) is 24.3 Å². The predicted octanol–water partition coefficient (Wildman–Crippen LogP) is 7.23. The lowest BCUT2D eigenvalue weighted by atomic mass is 9.88. The van der Waals surface area contributed by atoms with Gasteiger partial charge >= 0.3 is 5.97 Å². The van der Waals surface area contributed by atoms with Gasteiger partial charge in [0.15, 0.2) is 12.6 Å². The van der Waals surface area contributed by atoms with E-state index in [2.05, 4.69) is 36.6 Å². The van der Waals surface area contributed by atoms with Crippen LogP contribution in [0.5, 0.6) is 0 Å². The number of aliphatic carboxylic acids is 1. The zero-order chi connectivity index (χ0) is 68.2. The highest BCUT2D eigenvalue weighted by molar-refractivity contribution is 5.77. The highest BCUT2D eigenvalue weighted by Gasteiger charge is 2.60. The van der Waals surface area contributed by atoms with Gasteiger partial charge in [0, 0.05) is 19.8 Å². The quantitative estimate of drug-likeness (QED) is 0.0211. The Bertz CT molecular complexity index is 1970. The van der Waals surface area contributed by atoms with E-state index in [9.17, 15) is 75.7 Å². The van der Waals surface area contributed by atoms with E-state index in [0.29, 0.717) is 12.8 Å². The third-order valence-corrected chi connectivity index (χ3v) is 18.4. The van der Waals surface area contributed by atoms with Crippen molar-refractivity contribution in [3.63, 3.8) is 0 Å². The highest BCUT2D eigenvalue weighted by atomic mass is 16.8. The van der Waals surface area contributed by atoms with Crippen molar-refractivity contribution in [3.8, 4) is 0 Å². The van der Waals surface area contributed by atoms with E-state index in [1.54, 1.807) is 6.08 Å². The molecule has 18 atom stereocenters. The van der Waals surface area contributed by atoms with Crippen molar-refractivity contribution in [2.75, 3.05) is 26.4 Å². The van der Waals surface area contributed by atoms with Crippen LogP contribution < -0.4 is 10.6 Å². The maximum atomic E-state index is 13.4. The lowest BCUT2D eigenvalue weighted by molar-refractivity contribution is -0.386. The Morgan fingerprint density at radius 2 is 1.01 bits per heavy atom. The molecule has 0 radical (unpaired) electrons. The van der Waals surface area contributed by atoms with Gasteiger partial charge in [-0.15, -0.1) is 0 Å². The van der Waals surface area contributed by atoms with Crippen LogP contribution in [-0.4, -0.2) is 215 Å². The summed E-state index contributed by atoms with van der Waals surface area (Å²) in [6.07, 6.45) is 22.6. The minimum atomic E-state index is -3.08. The summed E-state index contributed by atoms with van der Waals surface area (Å²) in [5, 5.41) is 136. The SMILES string of the molecule is CCCCCCCCCC/C=C/C(O)C(COC1OC(CO)C(OC2OC(CO)C(O)C(OC3(C(=O)O)CC(O)C(NC(C)=O)C(C(O)C(O)CO)O3)C2O)C(O)C1O)NC(=O)CCCCCCCCCCCCCCC/C=C\CCCCCCCCCCCCCC. The van der Waals surface area contributed by atoms with Gasteiger partial charge in [0.05, 0.1) is 50.7 Å². The first kappa shape index (κ1) is 84.4.